The van der Waals surface area contributed by atoms with Crippen LogP contribution in [0.2, 0.25) is 0 Å². The molecule has 1 aliphatic heterocycles. The Kier molecular flexibility index (Phi) is 5.38. The molecular formula is C24H23O2P. The lowest BCUT2D eigenvalue weighted by Gasteiger charge is -2.28. The van der Waals surface area contributed by atoms with Crippen LogP contribution in [-0.4, -0.2) is 24.3 Å². The third kappa shape index (κ3) is 3.56. The highest BCUT2D eigenvalue weighted by molar-refractivity contribution is 7.95. The minimum atomic E-state index is -2.22. The summed E-state index contributed by atoms with van der Waals surface area (Å²) in [6.45, 7) is -1.54. The number of hydrogen-bond donors (Lipinski definition) is 0. The average Bonchev–Trinajstić information content (AvgIpc) is 3.29. The average molecular weight is 374 g/mol. The summed E-state index contributed by atoms with van der Waals surface area (Å²) in [5, 5.41) is 3.57. The first-order valence-electron chi connectivity index (χ1n) is 9.38. The topological polar surface area (TPSA) is 26.3 Å². The molecule has 27 heavy (non-hydrogen) atoms. The van der Waals surface area contributed by atoms with Crippen molar-refractivity contribution in [2.75, 3.05) is 6.61 Å². The van der Waals surface area contributed by atoms with Gasteiger partial charge in [-0.15, -0.1) is 0 Å². The van der Waals surface area contributed by atoms with Crippen LogP contribution in [0.5, 0.6) is 0 Å². The summed E-state index contributed by atoms with van der Waals surface area (Å²) in [5.41, 5.74) is 0. The number of carbonyl (C=O) groups is 1. The van der Waals surface area contributed by atoms with Gasteiger partial charge < -0.3 is 4.74 Å². The Labute approximate surface area is 160 Å². The lowest BCUT2D eigenvalue weighted by atomic mass is 10.2. The van der Waals surface area contributed by atoms with E-state index in [1.165, 1.54) is 15.9 Å². The number of carbonyl (C=O) groups excluding carboxylic acids is 1. The van der Waals surface area contributed by atoms with Crippen LogP contribution >= 0.6 is 6.89 Å². The highest BCUT2D eigenvalue weighted by Crippen LogP contribution is 2.43. The smallest absolute Gasteiger partial charge is 0.185 e. The summed E-state index contributed by atoms with van der Waals surface area (Å²) in [4.78, 5) is 13.2. The molecule has 3 aromatic rings. The summed E-state index contributed by atoms with van der Waals surface area (Å²) in [6.07, 6.45) is 1.46. The van der Waals surface area contributed by atoms with Gasteiger partial charge >= 0.3 is 0 Å². The van der Waals surface area contributed by atoms with Crippen molar-refractivity contribution in [3.63, 3.8) is 0 Å². The maximum atomic E-state index is 13.2. The highest BCUT2D eigenvalue weighted by atomic mass is 31.2. The first-order valence-corrected chi connectivity index (χ1v) is 11.2. The molecule has 0 aromatic heterocycles. The van der Waals surface area contributed by atoms with Crippen molar-refractivity contribution < 1.29 is 9.53 Å². The second-order valence-corrected chi connectivity index (χ2v) is 10.0. The molecule has 1 fully saturated rings. The third-order valence-electron chi connectivity index (χ3n) is 5.06. The number of hydrogen-bond acceptors (Lipinski definition) is 2. The minimum absolute atomic E-state index is 0.109. The molecule has 0 saturated carbocycles. The van der Waals surface area contributed by atoms with Crippen molar-refractivity contribution in [3.05, 3.63) is 91.0 Å². The van der Waals surface area contributed by atoms with E-state index < -0.39 is 6.89 Å². The quantitative estimate of drug-likeness (QED) is 0.639. The first kappa shape index (κ1) is 18.0. The van der Waals surface area contributed by atoms with E-state index in [4.69, 9.17) is 4.74 Å². The number of benzene rings is 3. The predicted octanol–water partition coefficient (Wildman–Crippen LogP) is 3.53. The van der Waals surface area contributed by atoms with E-state index in [-0.39, 0.29) is 11.9 Å². The van der Waals surface area contributed by atoms with Gasteiger partial charge in [-0.25, -0.2) is 0 Å². The van der Waals surface area contributed by atoms with E-state index in [1.54, 1.807) is 0 Å². The van der Waals surface area contributed by atoms with Gasteiger partial charge in [0.15, 0.2) is 5.78 Å². The first-order chi connectivity index (χ1) is 13.3. The molecule has 0 N–H and O–H groups in total. The van der Waals surface area contributed by atoms with Crippen LogP contribution in [0.1, 0.15) is 12.8 Å². The summed E-state index contributed by atoms with van der Waals surface area (Å²) in [5.74, 6) is 2.10. The fraction of sp³-hybridized carbons (Fsp3) is 0.167. The molecule has 0 bridgehead atoms. The zero-order valence-electron chi connectivity index (χ0n) is 15.2. The third-order valence-corrected chi connectivity index (χ3v) is 9.04. The van der Waals surface area contributed by atoms with E-state index in [0.29, 0.717) is 6.61 Å². The molecule has 1 aliphatic rings. The van der Waals surface area contributed by atoms with Gasteiger partial charge in [0.05, 0.1) is 0 Å². The van der Waals surface area contributed by atoms with Crippen LogP contribution < -0.4 is 15.9 Å². The summed E-state index contributed by atoms with van der Waals surface area (Å²) in [6, 6.07) is 31.3. The van der Waals surface area contributed by atoms with Crippen molar-refractivity contribution >= 4 is 34.4 Å². The fourth-order valence-electron chi connectivity index (χ4n) is 3.74. The maximum Gasteiger partial charge on any atom is 0.185 e. The predicted molar refractivity (Wildman–Crippen MR) is 115 cm³/mol. The second kappa shape index (κ2) is 8.08. The van der Waals surface area contributed by atoms with E-state index in [0.717, 1.165) is 12.8 Å². The Morgan fingerprint density at radius 2 is 1.22 bits per heavy atom. The molecule has 0 unspecified atom stereocenters. The zero-order valence-corrected chi connectivity index (χ0v) is 16.1. The molecular weight excluding hydrogens is 351 g/mol. The van der Waals surface area contributed by atoms with Gasteiger partial charge in [-0.1, -0.05) is 91.0 Å². The molecule has 3 aromatic carbocycles. The van der Waals surface area contributed by atoms with E-state index in [9.17, 15) is 4.79 Å². The van der Waals surface area contributed by atoms with Crippen molar-refractivity contribution in [3.8, 4) is 0 Å². The SMILES string of the molecule is O=C(C=P(c1ccccc1)(c1ccccc1)c1ccccc1)[C@@H]1CCCO1. The molecule has 1 saturated heterocycles. The number of Topliss-reactive ketones (excluding diaryl/α,β-unsaturated/α-hetero) is 1. The van der Waals surface area contributed by atoms with Crippen molar-refractivity contribution in [2.24, 2.45) is 0 Å². The van der Waals surface area contributed by atoms with Crippen LogP contribution in [-0.2, 0) is 9.53 Å². The van der Waals surface area contributed by atoms with Gasteiger partial charge in [-0.3, -0.25) is 4.79 Å². The van der Waals surface area contributed by atoms with Crippen LogP contribution in [0.15, 0.2) is 91.0 Å². The molecule has 0 amide bonds. The Morgan fingerprint density at radius 3 is 1.59 bits per heavy atom. The van der Waals surface area contributed by atoms with E-state index in [2.05, 4.69) is 72.8 Å². The maximum absolute atomic E-state index is 13.2. The van der Waals surface area contributed by atoms with Crippen LogP contribution in [0.25, 0.3) is 0 Å². The molecule has 0 aliphatic carbocycles. The summed E-state index contributed by atoms with van der Waals surface area (Å²) >= 11 is 0. The van der Waals surface area contributed by atoms with E-state index in [1.807, 2.05) is 24.0 Å². The minimum Gasteiger partial charge on any atom is -0.370 e. The van der Waals surface area contributed by atoms with Gasteiger partial charge in [-0.05, 0) is 41.4 Å². The lowest BCUT2D eigenvalue weighted by molar-refractivity contribution is -0.120. The van der Waals surface area contributed by atoms with Gasteiger partial charge in [0, 0.05) is 6.61 Å². The van der Waals surface area contributed by atoms with Gasteiger partial charge in [0.25, 0.3) is 0 Å². The molecule has 0 spiro atoms. The van der Waals surface area contributed by atoms with Crippen molar-refractivity contribution in [1.82, 2.24) is 0 Å². The Balaban J connectivity index is 2.02. The van der Waals surface area contributed by atoms with Crippen LogP contribution in [0.4, 0.5) is 0 Å². The molecule has 3 heteroatoms. The van der Waals surface area contributed by atoms with Gasteiger partial charge in [0.1, 0.15) is 6.10 Å². The Bertz CT molecular complexity index is 840. The van der Waals surface area contributed by atoms with Crippen LogP contribution in [0.3, 0.4) is 0 Å². The summed E-state index contributed by atoms with van der Waals surface area (Å²) in [7, 11) is 0. The number of ether oxygens (including phenoxy) is 1. The molecule has 4 rings (SSSR count). The number of ketones is 1. The fourth-order valence-corrected chi connectivity index (χ4v) is 7.55. The van der Waals surface area contributed by atoms with Gasteiger partial charge in [0.2, 0.25) is 0 Å². The number of rotatable bonds is 5. The molecule has 2 nitrogen and oxygen atoms in total. The Morgan fingerprint density at radius 1 is 0.778 bits per heavy atom. The zero-order chi connectivity index (χ0) is 18.5. The Hall–Kier alpha value is -2.41. The van der Waals surface area contributed by atoms with Crippen LogP contribution in [0, 0.1) is 0 Å². The highest BCUT2D eigenvalue weighted by Gasteiger charge is 2.29. The van der Waals surface area contributed by atoms with Gasteiger partial charge in [-0.2, -0.15) is 0 Å². The van der Waals surface area contributed by atoms with Crippen molar-refractivity contribution in [2.45, 2.75) is 18.9 Å². The standard InChI is InChI=1S/C24H23O2P/c25-23(24-17-10-18-26-24)19-27(20-11-4-1-5-12-20,21-13-6-2-7-14-21)22-15-8-3-9-16-22/h1-9,11-16,19,24H,10,17-18H2/t24-/m0/s1. The normalized spacial score (nSPS) is 16.8. The van der Waals surface area contributed by atoms with Crippen molar-refractivity contribution in [1.29, 1.82) is 0 Å². The monoisotopic (exact) mass is 374 g/mol. The molecule has 1 atom stereocenters. The molecule has 1 heterocycles. The molecule has 0 radical (unpaired) electrons. The largest absolute Gasteiger partial charge is 0.370 e. The summed E-state index contributed by atoms with van der Waals surface area (Å²) < 4.78 is 5.71. The second-order valence-electron chi connectivity index (χ2n) is 6.76. The molecule has 136 valence electrons. The van der Waals surface area contributed by atoms with E-state index >= 15 is 0 Å². The lowest BCUT2D eigenvalue weighted by Crippen LogP contribution is -2.31.